The van der Waals surface area contributed by atoms with Crippen LogP contribution in [0.15, 0.2) is 42.5 Å². The van der Waals surface area contributed by atoms with Gasteiger partial charge in [-0.1, -0.05) is 12.1 Å². The molecule has 1 N–H and O–H groups in total. The zero-order valence-electron chi connectivity index (χ0n) is 22.7. The number of nitrogens with one attached hydrogen (secondary N) is 1. The SMILES string of the molecule is C[C@H](c1cccc(C(=O)N2CC3(CCC4(CC4)CC3)c3cc(NS(C)(=O)=O)ccc32)c1)N1CCC(F)(F)CC1.[HH]. The summed E-state index contributed by atoms with van der Waals surface area (Å²) in [7, 11) is -3.42. The van der Waals surface area contributed by atoms with Crippen LogP contribution in [0.3, 0.4) is 0 Å². The Morgan fingerprint density at radius 2 is 1.64 bits per heavy atom. The van der Waals surface area contributed by atoms with Gasteiger partial charge in [0.05, 0.1) is 6.26 Å². The number of anilines is 2. The maximum Gasteiger partial charge on any atom is 0.258 e. The molecule has 6 nitrogen and oxygen atoms in total. The number of piperidine rings is 1. The predicted molar refractivity (Wildman–Crippen MR) is 151 cm³/mol. The number of nitrogens with zero attached hydrogens (tertiary/aromatic N) is 2. The second-order valence-electron chi connectivity index (χ2n) is 12.5. The number of benzene rings is 2. The Labute approximate surface area is 231 Å². The molecule has 4 aliphatic rings. The summed E-state index contributed by atoms with van der Waals surface area (Å²) in [6, 6.07) is 13.0. The summed E-state index contributed by atoms with van der Waals surface area (Å²) in [6.45, 7) is 3.26. The van der Waals surface area contributed by atoms with E-state index in [0.29, 0.717) is 36.3 Å². The molecule has 1 saturated heterocycles. The lowest BCUT2D eigenvalue weighted by Crippen LogP contribution is -2.41. The molecular weight excluding hydrogens is 520 g/mol. The first-order valence-corrected chi connectivity index (χ1v) is 15.9. The molecule has 9 heteroatoms. The predicted octanol–water partition coefficient (Wildman–Crippen LogP) is 6.35. The fourth-order valence-electron chi connectivity index (χ4n) is 7.03. The number of alkyl halides is 2. The van der Waals surface area contributed by atoms with E-state index in [2.05, 4.69) is 9.62 Å². The van der Waals surface area contributed by atoms with Gasteiger partial charge in [-0.15, -0.1) is 0 Å². The summed E-state index contributed by atoms with van der Waals surface area (Å²) in [5.41, 5.74) is 4.26. The van der Waals surface area contributed by atoms with E-state index in [1.165, 1.54) is 12.8 Å². The third-order valence-corrected chi connectivity index (χ3v) is 10.4. The summed E-state index contributed by atoms with van der Waals surface area (Å²) in [5.74, 6) is -2.68. The molecule has 2 saturated carbocycles. The third-order valence-electron chi connectivity index (χ3n) is 9.79. The minimum Gasteiger partial charge on any atom is -0.307 e. The van der Waals surface area contributed by atoms with Gasteiger partial charge in [0.15, 0.2) is 0 Å². The van der Waals surface area contributed by atoms with E-state index in [0.717, 1.165) is 48.8 Å². The first kappa shape index (κ1) is 26.7. The van der Waals surface area contributed by atoms with E-state index in [-0.39, 0.29) is 31.6 Å². The number of sulfonamides is 1. The Hall–Kier alpha value is -2.52. The molecule has 0 unspecified atom stereocenters. The normalized spacial score (nSPS) is 23.9. The lowest BCUT2D eigenvalue weighted by Gasteiger charge is -2.38. The van der Waals surface area contributed by atoms with Gasteiger partial charge in [-0.05, 0) is 92.3 Å². The smallest absolute Gasteiger partial charge is 0.258 e. The molecule has 2 aliphatic heterocycles. The second-order valence-corrected chi connectivity index (χ2v) is 14.2. The first-order valence-electron chi connectivity index (χ1n) is 14.0. The molecule has 0 aromatic heterocycles. The Bertz CT molecular complexity index is 1390. The van der Waals surface area contributed by atoms with Gasteiger partial charge in [0.25, 0.3) is 11.8 Å². The average Bonchev–Trinajstić information content (AvgIpc) is 3.59. The van der Waals surface area contributed by atoms with E-state index in [9.17, 15) is 22.0 Å². The number of carbonyl (C=O) groups excluding carboxylic acids is 1. The van der Waals surface area contributed by atoms with E-state index in [1.807, 2.05) is 48.2 Å². The molecule has 3 fully saturated rings. The minimum absolute atomic E-state index is 0. The molecule has 2 heterocycles. The fourth-order valence-corrected chi connectivity index (χ4v) is 7.58. The number of likely N-dealkylation sites (tertiary alicyclic amines) is 1. The average molecular weight is 560 g/mol. The first-order chi connectivity index (χ1) is 18.4. The lowest BCUT2D eigenvalue weighted by molar-refractivity contribution is -0.0620. The van der Waals surface area contributed by atoms with Crippen molar-refractivity contribution in [3.05, 3.63) is 59.2 Å². The van der Waals surface area contributed by atoms with Crippen molar-refractivity contribution >= 4 is 27.3 Å². The highest BCUT2D eigenvalue weighted by Crippen LogP contribution is 2.62. The van der Waals surface area contributed by atoms with Crippen LogP contribution in [-0.4, -0.2) is 51.0 Å². The van der Waals surface area contributed by atoms with Gasteiger partial charge in [-0.2, -0.15) is 0 Å². The number of hydrogen-bond donors (Lipinski definition) is 1. The molecule has 212 valence electrons. The number of carbonyl (C=O) groups is 1. The van der Waals surface area contributed by atoms with Crippen molar-refractivity contribution < 1.29 is 23.4 Å². The van der Waals surface area contributed by atoms with Gasteiger partial charge in [0.2, 0.25) is 10.0 Å². The molecule has 0 radical (unpaired) electrons. The summed E-state index contributed by atoms with van der Waals surface area (Å²) in [4.78, 5) is 18.0. The van der Waals surface area contributed by atoms with E-state index in [4.69, 9.17) is 0 Å². The van der Waals surface area contributed by atoms with Crippen LogP contribution in [0.2, 0.25) is 0 Å². The summed E-state index contributed by atoms with van der Waals surface area (Å²) < 4.78 is 53.9. The van der Waals surface area contributed by atoms with E-state index < -0.39 is 15.9 Å². The van der Waals surface area contributed by atoms with Crippen molar-refractivity contribution in [1.82, 2.24) is 4.90 Å². The quantitative estimate of drug-likeness (QED) is 0.464. The topological polar surface area (TPSA) is 69.7 Å². The van der Waals surface area contributed by atoms with Crippen molar-refractivity contribution in [1.29, 1.82) is 0 Å². The fraction of sp³-hybridized carbons (Fsp3) is 0.567. The molecule has 2 aromatic carbocycles. The van der Waals surface area contributed by atoms with Crippen LogP contribution in [0.1, 0.15) is 87.2 Å². The molecule has 2 spiro atoms. The zero-order chi connectivity index (χ0) is 27.6. The van der Waals surface area contributed by atoms with Crippen molar-refractivity contribution in [3.8, 4) is 0 Å². The Morgan fingerprint density at radius 1 is 0.974 bits per heavy atom. The summed E-state index contributed by atoms with van der Waals surface area (Å²) >= 11 is 0. The van der Waals surface area contributed by atoms with Crippen molar-refractivity contribution in [2.45, 2.75) is 75.7 Å². The van der Waals surface area contributed by atoms with Crippen molar-refractivity contribution in [3.63, 3.8) is 0 Å². The maximum absolute atomic E-state index is 14.0. The van der Waals surface area contributed by atoms with Crippen molar-refractivity contribution in [2.24, 2.45) is 5.41 Å². The largest absolute Gasteiger partial charge is 0.307 e. The van der Waals surface area contributed by atoms with Gasteiger partial charge in [-0.3, -0.25) is 14.4 Å². The van der Waals surface area contributed by atoms with Crippen LogP contribution >= 0.6 is 0 Å². The van der Waals surface area contributed by atoms with Crippen LogP contribution in [0.4, 0.5) is 20.2 Å². The van der Waals surface area contributed by atoms with Gasteiger partial charge >= 0.3 is 0 Å². The minimum atomic E-state index is -3.42. The van der Waals surface area contributed by atoms with E-state index >= 15 is 0 Å². The van der Waals surface area contributed by atoms with Gasteiger partial charge in [0.1, 0.15) is 0 Å². The van der Waals surface area contributed by atoms with E-state index in [1.54, 1.807) is 6.07 Å². The number of amides is 1. The van der Waals surface area contributed by atoms with Gasteiger partial charge in [-0.25, -0.2) is 17.2 Å². The third kappa shape index (κ3) is 5.20. The lowest BCUT2D eigenvalue weighted by atomic mass is 9.66. The highest BCUT2D eigenvalue weighted by molar-refractivity contribution is 7.92. The second kappa shape index (κ2) is 9.26. The number of hydrogen-bond acceptors (Lipinski definition) is 4. The van der Waals surface area contributed by atoms with Crippen LogP contribution < -0.4 is 9.62 Å². The van der Waals surface area contributed by atoms with Gasteiger partial charge < -0.3 is 4.90 Å². The van der Waals surface area contributed by atoms with Crippen LogP contribution in [0.25, 0.3) is 0 Å². The Balaban J connectivity index is 0.00000323. The highest BCUT2D eigenvalue weighted by atomic mass is 32.2. The Morgan fingerprint density at radius 3 is 2.28 bits per heavy atom. The molecular formula is C30H39F2N3O3S. The molecule has 2 aromatic rings. The molecule has 0 bridgehead atoms. The van der Waals surface area contributed by atoms with Gasteiger partial charge in [0, 0.05) is 62.3 Å². The Kier molecular flexibility index (Phi) is 6.34. The van der Waals surface area contributed by atoms with Crippen LogP contribution in [0, 0.1) is 5.41 Å². The maximum atomic E-state index is 14.0. The van der Waals surface area contributed by atoms with Crippen LogP contribution in [0.5, 0.6) is 0 Å². The standard InChI is InChI=1S/C30H37F2N3O3S.H2/c1-21(34-16-14-30(31,32)15-17-34)22-4-3-5-23(18-22)27(36)35-20-29(12-10-28(8-9-28)11-13-29)25-19-24(6-7-26(25)35)33-39(2,37)38;/h3-7,18-19,21,33H,8-17,20H2,1-2H3;1H/t21-;/m1./s1. The zero-order valence-corrected chi connectivity index (χ0v) is 23.5. The summed E-state index contributed by atoms with van der Waals surface area (Å²) in [6.07, 6.45) is 7.69. The highest BCUT2D eigenvalue weighted by Gasteiger charge is 2.53. The summed E-state index contributed by atoms with van der Waals surface area (Å²) in [5, 5.41) is 0. The number of rotatable bonds is 5. The molecule has 39 heavy (non-hydrogen) atoms. The number of fused-ring (bicyclic) bond motifs is 2. The molecule has 2 aliphatic carbocycles. The monoisotopic (exact) mass is 559 g/mol. The van der Waals surface area contributed by atoms with Crippen molar-refractivity contribution in [2.75, 3.05) is 35.5 Å². The number of halogens is 2. The van der Waals surface area contributed by atoms with Crippen LogP contribution in [-0.2, 0) is 15.4 Å². The molecule has 6 rings (SSSR count). The molecule has 1 atom stereocenters. The molecule has 1 amide bonds.